The van der Waals surface area contributed by atoms with Crippen molar-refractivity contribution in [2.45, 2.75) is 52.2 Å². The summed E-state index contributed by atoms with van der Waals surface area (Å²) < 4.78 is 11.7. The lowest BCUT2D eigenvalue weighted by Gasteiger charge is -2.34. The molecule has 2 aromatic rings. The van der Waals surface area contributed by atoms with E-state index in [1.165, 1.54) is 0 Å². The lowest BCUT2D eigenvalue weighted by Crippen LogP contribution is -2.44. The number of amides is 2. The number of benzene rings is 1. The topological polar surface area (TPSA) is 126 Å². The zero-order valence-corrected chi connectivity index (χ0v) is 23.0. The third-order valence-corrected chi connectivity index (χ3v) is 6.57. The van der Waals surface area contributed by atoms with E-state index in [1.807, 2.05) is 52.0 Å². The van der Waals surface area contributed by atoms with Gasteiger partial charge in [0, 0.05) is 50.5 Å². The number of likely N-dealkylation sites (N-methyl/N-ethyl adjacent to an activating group) is 1. The van der Waals surface area contributed by atoms with E-state index in [0.29, 0.717) is 37.5 Å². The zero-order chi connectivity index (χ0) is 27.4. The number of likely N-dealkylation sites (tertiary alicyclic amines) is 1. The molecular formula is C27H39N7O4. The largest absolute Gasteiger partial charge is 0.471 e. The predicted molar refractivity (Wildman–Crippen MR) is 146 cm³/mol. The van der Waals surface area contributed by atoms with Crippen molar-refractivity contribution in [3.05, 3.63) is 35.7 Å². The van der Waals surface area contributed by atoms with Gasteiger partial charge in [-0.2, -0.15) is 4.98 Å². The number of hydrogen-bond acceptors (Lipinski definition) is 9. The third kappa shape index (κ3) is 6.83. The van der Waals surface area contributed by atoms with Crippen LogP contribution in [0.1, 0.15) is 50.3 Å². The molecule has 0 aliphatic carbocycles. The van der Waals surface area contributed by atoms with E-state index >= 15 is 0 Å². The van der Waals surface area contributed by atoms with E-state index in [9.17, 15) is 9.59 Å². The van der Waals surface area contributed by atoms with Gasteiger partial charge in [-0.3, -0.25) is 4.79 Å². The SMILES string of the molecule is CCc1nc(C(N)=O)c(Nc2ccc(N3CCN(C)CC3)cc2)nc1O[C@@H]1CCN(C(=O)OC(C)(C)C)C1. The van der Waals surface area contributed by atoms with Gasteiger partial charge in [-0.15, -0.1) is 0 Å². The number of aryl methyl sites for hydroxylation is 1. The highest BCUT2D eigenvalue weighted by molar-refractivity contribution is 5.96. The molecule has 3 heterocycles. The van der Waals surface area contributed by atoms with Crippen LogP contribution in [0.2, 0.25) is 0 Å². The van der Waals surface area contributed by atoms with Crippen molar-refractivity contribution in [3.63, 3.8) is 0 Å². The summed E-state index contributed by atoms with van der Waals surface area (Å²) >= 11 is 0. The Hall–Kier alpha value is -3.60. The lowest BCUT2D eigenvalue weighted by molar-refractivity contribution is 0.0274. The van der Waals surface area contributed by atoms with Crippen LogP contribution in [0.25, 0.3) is 0 Å². The maximum Gasteiger partial charge on any atom is 0.410 e. The van der Waals surface area contributed by atoms with E-state index in [4.69, 9.17) is 15.2 Å². The van der Waals surface area contributed by atoms with E-state index in [-0.39, 0.29) is 23.7 Å². The van der Waals surface area contributed by atoms with Crippen LogP contribution in [-0.4, -0.2) is 89.8 Å². The Kier molecular flexibility index (Phi) is 8.25. The number of ether oxygens (including phenoxy) is 2. The number of nitrogens with zero attached hydrogens (tertiary/aromatic N) is 5. The predicted octanol–water partition coefficient (Wildman–Crippen LogP) is 3.02. The highest BCUT2D eigenvalue weighted by atomic mass is 16.6. The van der Waals surface area contributed by atoms with Crippen LogP contribution in [0.4, 0.5) is 22.0 Å². The minimum absolute atomic E-state index is 0.0548. The van der Waals surface area contributed by atoms with E-state index in [0.717, 1.165) is 37.6 Å². The molecule has 3 N–H and O–H groups in total. The van der Waals surface area contributed by atoms with Crippen LogP contribution in [0, 0.1) is 0 Å². The molecule has 38 heavy (non-hydrogen) atoms. The number of primary amides is 1. The molecule has 0 radical (unpaired) electrons. The van der Waals surface area contributed by atoms with Crippen molar-refractivity contribution < 1.29 is 19.1 Å². The van der Waals surface area contributed by atoms with Crippen LogP contribution in [0.3, 0.4) is 0 Å². The van der Waals surface area contributed by atoms with Crippen molar-refractivity contribution in [1.29, 1.82) is 0 Å². The van der Waals surface area contributed by atoms with Crippen molar-refractivity contribution in [3.8, 4) is 5.88 Å². The number of hydrogen-bond donors (Lipinski definition) is 2. The van der Waals surface area contributed by atoms with Crippen LogP contribution in [0.15, 0.2) is 24.3 Å². The van der Waals surface area contributed by atoms with Gasteiger partial charge in [0.25, 0.3) is 5.91 Å². The normalized spacial score (nSPS) is 18.4. The Bertz CT molecular complexity index is 1140. The lowest BCUT2D eigenvalue weighted by atomic mass is 10.2. The average molecular weight is 526 g/mol. The second-order valence-corrected chi connectivity index (χ2v) is 10.8. The molecule has 0 bridgehead atoms. The smallest absolute Gasteiger partial charge is 0.410 e. The Balaban J connectivity index is 1.49. The number of nitrogens with two attached hydrogens (primary N) is 1. The van der Waals surface area contributed by atoms with Gasteiger partial charge in [0.1, 0.15) is 17.4 Å². The molecule has 2 fully saturated rings. The summed E-state index contributed by atoms with van der Waals surface area (Å²) in [5.74, 6) is -0.114. The summed E-state index contributed by atoms with van der Waals surface area (Å²) in [6.07, 6.45) is 0.512. The summed E-state index contributed by atoms with van der Waals surface area (Å²) in [5.41, 5.74) is 7.57. The molecule has 2 aliphatic heterocycles. The van der Waals surface area contributed by atoms with Gasteiger partial charge in [-0.05, 0) is 58.5 Å². The maximum atomic E-state index is 12.5. The standard InChI is InChI=1S/C27H39N7O4/c1-6-21-25(37-20-11-12-34(17-20)26(36)38-27(2,3)4)31-24(22(30-21)23(28)35)29-18-7-9-19(10-8-18)33-15-13-32(5)14-16-33/h7-10,20H,6,11-17H2,1-5H3,(H2,28,35)(H,29,31)/t20-/m1/s1. The fourth-order valence-corrected chi connectivity index (χ4v) is 4.47. The van der Waals surface area contributed by atoms with Crippen molar-refractivity contribution in [2.75, 3.05) is 56.5 Å². The molecule has 0 saturated carbocycles. The molecule has 1 atom stereocenters. The van der Waals surface area contributed by atoms with Gasteiger partial charge < -0.3 is 35.2 Å². The van der Waals surface area contributed by atoms with Gasteiger partial charge in [0.05, 0.1) is 6.54 Å². The first-order chi connectivity index (χ1) is 18.0. The average Bonchev–Trinajstić information content (AvgIpc) is 3.33. The van der Waals surface area contributed by atoms with E-state index in [1.54, 1.807) is 4.90 Å². The summed E-state index contributed by atoms with van der Waals surface area (Å²) in [6, 6.07) is 7.99. The van der Waals surface area contributed by atoms with Crippen LogP contribution < -0.4 is 20.7 Å². The molecule has 4 rings (SSSR count). The molecule has 1 aromatic heterocycles. The number of rotatable bonds is 7. The molecular weight excluding hydrogens is 486 g/mol. The molecule has 11 nitrogen and oxygen atoms in total. The van der Waals surface area contributed by atoms with Crippen molar-refractivity contribution >= 4 is 29.2 Å². The fourth-order valence-electron chi connectivity index (χ4n) is 4.47. The Labute approximate surface area is 224 Å². The number of carbonyl (C=O) groups is 2. The molecule has 11 heteroatoms. The molecule has 0 unspecified atom stereocenters. The number of piperazine rings is 1. The van der Waals surface area contributed by atoms with Gasteiger partial charge >= 0.3 is 6.09 Å². The first-order valence-electron chi connectivity index (χ1n) is 13.2. The summed E-state index contributed by atoms with van der Waals surface area (Å²) in [4.78, 5) is 40.1. The summed E-state index contributed by atoms with van der Waals surface area (Å²) in [6.45, 7) is 12.4. The first-order valence-corrected chi connectivity index (χ1v) is 13.2. The second kappa shape index (κ2) is 11.4. The Morgan fingerprint density at radius 3 is 2.37 bits per heavy atom. The van der Waals surface area contributed by atoms with Crippen molar-refractivity contribution in [1.82, 2.24) is 19.8 Å². The summed E-state index contributed by atoms with van der Waals surface area (Å²) in [5, 5.41) is 3.19. The van der Waals surface area contributed by atoms with E-state index in [2.05, 4.69) is 32.1 Å². The summed E-state index contributed by atoms with van der Waals surface area (Å²) in [7, 11) is 2.13. The quantitative estimate of drug-likeness (QED) is 0.561. The number of anilines is 3. The molecule has 0 spiro atoms. The minimum Gasteiger partial charge on any atom is -0.471 e. The number of aromatic nitrogens is 2. The van der Waals surface area contributed by atoms with Crippen molar-refractivity contribution in [2.24, 2.45) is 5.73 Å². The molecule has 2 saturated heterocycles. The maximum absolute atomic E-state index is 12.5. The van der Waals surface area contributed by atoms with Gasteiger partial charge in [-0.25, -0.2) is 9.78 Å². The molecule has 2 amide bonds. The molecule has 1 aromatic carbocycles. The monoisotopic (exact) mass is 525 g/mol. The highest BCUT2D eigenvalue weighted by Crippen LogP contribution is 2.28. The number of nitrogens with one attached hydrogen (secondary N) is 1. The Morgan fingerprint density at radius 1 is 1.08 bits per heavy atom. The zero-order valence-electron chi connectivity index (χ0n) is 23.0. The van der Waals surface area contributed by atoms with E-state index < -0.39 is 11.5 Å². The fraction of sp³-hybridized carbons (Fsp3) is 0.556. The van der Waals surface area contributed by atoms with Gasteiger partial charge in [0.15, 0.2) is 11.5 Å². The highest BCUT2D eigenvalue weighted by Gasteiger charge is 2.32. The van der Waals surface area contributed by atoms with Crippen LogP contribution in [-0.2, 0) is 11.2 Å². The first kappa shape index (κ1) is 27.4. The Morgan fingerprint density at radius 2 is 1.76 bits per heavy atom. The molecule has 206 valence electrons. The van der Waals surface area contributed by atoms with Gasteiger partial charge in [-0.1, -0.05) is 6.92 Å². The minimum atomic E-state index is -0.674. The van der Waals surface area contributed by atoms with Crippen LogP contribution >= 0.6 is 0 Å². The van der Waals surface area contributed by atoms with Gasteiger partial charge in [0.2, 0.25) is 5.88 Å². The second-order valence-electron chi connectivity index (χ2n) is 10.8. The number of carbonyl (C=O) groups excluding carboxylic acids is 2. The molecule has 2 aliphatic rings. The van der Waals surface area contributed by atoms with Crippen LogP contribution in [0.5, 0.6) is 5.88 Å². The third-order valence-electron chi connectivity index (χ3n) is 6.57.